The molecule has 0 bridgehead atoms. The Labute approximate surface area is 213 Å². The lowest BCUT2D eigenvalue weighted by molar-refractivity contribution is -0.139. The summed E-state index contributed by atoms with van der Waals surface area (Å²) in [7, 11) is 1.60. The number of thiazole rings is 1. The van der Waals surface area contributed by atoms with Gasteiger partial charge in [0, 0.05) is 9.37 Å². The number of thioether (sulfide) groups is 1. The van der Waals surface area contributed by atoms with Crippen LogP contribution in [0.2, 0.25) is 0 Å². The van der Waals surface area contributed by atoms with Crippen LogP contribution in [0.1, 0.15) is 31.0 Å². The fourth-order valence-corrected chi connectivity index (χ4v) is 5.60. The average molecular weight is 560 g/mol. The highest BCUT2D eigenvalue weighted by molar-refractivity contribution is 9.10. The van der Waals surface area contributed by atoms with Gasteiger partial charge in [-0.05, 0) is 67.6 Å². The molecule has 0 N–H and O–H groups in total. The van der Waals surface area contributed by atoms with Crippen molar-refractivity contribution in [2.24, 2.45) is 4.99 Å². The van der Waals surface area contributed by atoms with Crippen molar-refractivity contribution in [1.29, 1.82) is 0 Å². The van der Waals surface area contributed by atoms with E-state index >= 15 is 0 Å². The first-order chi connectivity index (χ1) is 16.4. The van der Waals surface area contributed by atoms with Gasteiger partial charge in [0.15, 0.2) is 4.80 Å². The van der Waals surface area contributed by atoms with Gasteiger partial charge in [0.05, 0.1) is 35.6 Å². The molecule has 0 amide bonds. The predicted octanol–water partition coefficient (Wildman–Crippen LogP) is 4.29. The third-order valence-corrected chi connectivity index (χ3v) is 7.89. The van der Waals surface area contributed by atoms with E-state index in [1.807, 2.05) is 54.8 Å². The van der Waals surface area contributed by atoms with Crippen molar-refractivity contribution >= 4 is 51.1 Å². The molecule has 176 valence electrons. The van der Waals surface area contributed by atoms with Gasteiger partial charge >= 0.3 is 5.97 Å². The standard InChI is InChI=1S/C25H23BrN2O4S2/c1-5-32-24(30)21-14(2)27-25-28(22(21)15-6-9-18(33-4)10-7-15)23(29)20(34-25)13-16-12-17(31-3)8-11-19(16)26/h6-13,22H,5H2,1-4H3/b20-13-/t22-/m0/s1. The third kappa shape index (κ3) is 4.64. The van der Waals surface area contributed by atoms with Crippen LogP contribution in [0.5, 0.6) is 5.75 Å². The number of carbonyl (C=O) groups is 1. The molecule has 2 aromatic carbocycles. The van der Waals surface area contributed by atoms with Crippen LogP contribution in [-0.2, 0) is 9.53 Å². The van der Waals surface area contributed by atoms with E-state index in [1.165, 1.54) is 11.3 Å². The number of esters is 1. The van der Waals surface area contributed by atoms with E-state index in [4.69, 9.17) is 9.47 Å². The summed E-state index contributed by atoms with van der Waals surface area (Å²) in [6, 6.07) is 12.8. The van der Waals surface area contributed by atoms with Crippen molar-refractivity contribution < 1.29 is 14.3 Å². The van der Waals surface area contributed by atoms with Crippen LogP contribution in [0.25, 0.3) is 6.08 Å². The summed E-state index contributed by atoms with van der Waals surface area (Å²) in [4.78, 5) is 32.9. The minimum Gasteiger partial charge on any atom is -0.497 e. The molecule has 1 aromatic heterocycles. The molecule has 1 atom stereocenters. The van der Waals surface area contributed by atoms with Crippen molar-refractivity contribution in [3.05, 3.63) is 89.0 Å². The van der Waals surface area contributed by atoms with Gasteiger partial charge in [-0.25, -0.2) is 9.79 Å². The second-order valence-electron chi connectivity index (χ2n) is 7.46. The van der Waals surface area contributed by atoms with Crippen LogP contribution in [-0.4, -0.2) is 30.5 Å². The molecule has 0 saturated heterocycles. The number of ether oxygens (including phenoxy) is 2. The molecule has 1 aliphatic rings. The topological polar surface area (TPSA) is 69.9 Å². The van der Waals surface area contributed by atoms with E-state index < -0.39 is 12.0 Å². The van der Waals surface area contributed by atoms with Crippen LogP contribution in [0.15, 0.2) is 72.9 Å². The maximum Gasteiger partial charge on any atom is 0.338 e. The van der Waals surface area contributed by atoms with E-state index in [-0.39, 0.29) is 12.2 Å². The van der Waals surface area contributed by atoms with Crippen molar-refractivity contribution in [3.63, 3.8) is 0 Å². The fourth-order valence-electron chi connectivity index (χ4n) is 3.79. The Kier molecular flexibility index (Phi) is 7.45. The predicted molar refractivity (Wildman–Crippen MR) is 139 cm³/mol. The van der Waals surface area contributed by atoms with Crippen molar-refractivity contribution in [2.75, 3.05) is 20.0 Å². The Morgan fingerprint density at radius 2 is 2.00 bits per heavy atom. The molecule has 0 aliphatic carbocycles. The second kappa shape index (κ2) is 10.3. The number of hydrogen-bond acceptors (Lipinski definition) is 7. The zero-order valence-electron chi connectivity index (χ0n) is 19.1. The highest BCUT2D eigenvalue weighted by Gasteiger charge is 2.33. The maximum absolute atomic E-state index is 13.7. The number of benzene rings is 2. The van der Waals surface area contributed by atoms with Crippen LogP contribution >= 0.6 is 39.0 Å². The van der Waals surface area contributed by atoms with Crippen LogP contribution < -0.4 is 19.6 Å². The van der Waals surface area contributed by atoms with Crippen molar-refractivity contribution in [2.45, 2.75) is 24.8 Å². The minimum atomic E-state index is -0.623. The SMILES string of the molecule is CCOC(=O)C1=C(C)N=c2s/c(=C\c3cc(OC)ccc3Br)c(=O)n2[C@H]1c1ccc(SC)cc1. The lowest BCUT2D eigenvalue weighted by Crippen LogP contribution is -2.39. The van der Waals surface area contributed by atoms with Gasteiger partial charge in [-0.1, -0.05) is 39.4 Å². The monoisotopic (exact) mass is 558 g/mol. The van der Waals surface area contributed by atoms with E-state index in [9.17, 15) is 9.59 Å². The molecular formula is C25H23BrN2O4S2. The molecule has 3 aromatic rings. The van der Waals surface area contributed by atoms with Crippen molar-refractivity contribution in [1.82, 2.24) is 4.57 Å². The number of halogens is 1. The largest absolute Gasteiger partial charge is 0.497 e. The number of rotatable bonds is 6. The molecule has 6 nitrogen and oxygen atoms in total. The molecule has 0 radical (unpaired) electrons. The van der Waals surface area contributed by atoms with Gasteiger partial charge in [0.1, 0.15) is 5.75 Å². The van der Waals surface area contributed by atoms with Crippen LogP contribution in [0, 0.1) is 0 Å². The summed E-state index contributed by atoms with van der Waals surface area (Å²) in [6.07, 6.45) is 3.82. The van der Waals surface area contributed by atoms with Gasteiger partial charge in [-0.3, -0.25) is 9.36 Å². The van der Waals surface area contributed by atoms with Gasteiger partial charge < -0.3 is 9.47 Å². The summed E-state index contributed by atoms with van der Waals surface area (Å²) in [5.41, 5.74) is 2.34. The smallest absolute Gasteiger partial charge is 0.338 e. The first-order valence-corrected chi connectivity index (χ1v) is 13.4. The van der Waals surface area contributed by atoms with Gasteiger partial charge in [0.25, 0.3) is 5.56 Å². The van der Waals surface area contributed by atoms with Gasteiger partial charge in [0.2, 0.25) is 0 Å². The molecule has 34 heavy (non-hydrogen) atoms. The van der Waals surface area contributed by atoms with Crippen molar-refractivity contribution in [3.8, 4) is 5.75 Å². The highest BCUT2D eigenvalue weighted by atomic mass is 79.9. The molecule has 0 saturated carbocycles. The normalized spacial score (nSPS) is 15.7. The minimum absolute atomic E-state index is 0.216. The number of hydrogen-bond donors (Lipinski definition) is 0. The number of methoxy groups -OCH3 is 1. The highest BCUT2D eigenvalue weighted by Crippen LogP contribution is 2.31. The van der Waals surface area contributed by atoms with E-state index in [2.05, 4.69) is 20.9 Å². The molecule has 4 rings (SSSR count). The molecule has 9 heteroatoms. The Hall–Kier alpha value is -2.62. The molecule has 1 aliphatic heterocycles. The Balaban J connectivity index is 1.95. The quantitative estimate of drug-likeness (QED) is 0.333. The summed E-state index contributed by atoms with van der Waals surface area (Å²) < 4.78 is 13.6. The molecule has 0 fully saturated rings. The first kappa shape index (κ1) is 24.5. The summed E-state index contributed by atoms with van der Waals surface area (Å²) in [6.45, 7) is 3.78. The lowest BCUT2D eigenvalue weighted by atomic mass is 9.96. The number of allylic oxidation sites excluding steroid dienone is 1. The summed E-state index contributed by atoms with van der Waals surface area (Å²) >= 11 is 6.47. The van der Waals surface area contributed by atoms with E-state index in [0.717, 1.165) is 20.5 Å². The van der Waals surface area contributed by atoms with E-state index in [0.29, 0.717) is 26.4 Å². The number of fused-ring (bicyclic) bond motifs is 1. The number of carbonyl (C=O) groups excluding carboxylic acids is 1. The Bertz CT molecular complexity index is 1460. The van der Waals surface area contributed by atoms with Gasteiger partial charge in [-0.15, -0.1) is 11.8 Å². The summed E-state index contributed by atoms with van der Waals surface area (Å²) in [5, 5.41) is 0. The summed E-state index contributed by atoms with van der Waals surface area (Å²) in [5.74, 6) is 0.224. The van der Waals surface area contributed by atoms with Crippen LogP contribution in [0.3, 0.4) is 0 Å². The first-order valence-electron chi connectivity index (χ1n) is 10.5. The average Bonchev–Trinajstić information content (AvgIpc) is 3.14. The maximum atomic E-state index is 13.7. The van der Waals surface area contributed by atoms with Crippen LogP contribution in [0.4, 0.5) is 0 Å². The van der Waals surface area contributed by atoms with E-state index in [1.54, 1.807) is 37.3 Å². The molecular weight excluding hydrogens is 536 g/mol. The third-order valence-electron chi connectivity index (χ3n) is 5.44. The Morgan fingerprint density at radius 3 is 2.65 bits per heavy atom. The van der Waals surface area contributed by atoms with Gasteiger partial charge in [-0.2, -0.15) is 0 Å². The Morgan fingerprint density at radius 1 is 1.26 bits per heavy atom. The molecule has 0 unspecified atom stereocenters. The zero-order chi connectivity index (χ0) is 24.4. The fraction of sp³-hybridized carbons (Fsp3) is 0.240. The number of aromatic nitrogens is 1. The number of nitrogens with zero attached hydrogens (tertiary/aromatic N) is 2. The zero-order valence-corrected chi connectivity index (χ0v) is 22.3. The second-order valence-corrected chi connectivity index (χ2v) is 10.2. The lowest BCUT2D eigenvalue weighted by Gasteiger charge is -2.24. The molecule has 2 heterocycles. The molecule has 0 spiro atoms.